The number of carbonyl (C=O) groups is 2. The first-order valence-electron chi connectivity index (χ1n) is 7.02. The molecule has 0 bridgehead atoms. The summed E-state index contributed by atoms with van der Waals surface area (Å²) in [6.45, 7) is 2.26. The van der Waals surface area contributed by atoms with Crippen LogP contribution >= 0.6 is 0 Å². The fourth-order valence-electron chi connectivity index (χ4n) is 1.69. The Bertz CT molecular complexity index is 473. The van der Waals surface area contributed by atoms with E-state index in [1.807, 2.05) is 6.92 Å². The third kappa shape index (κ3) is 6.45. The van der Waals surface area contributed by atoms with Crippen LogP contribution in [-0.4, -0.2) is 36.9 Å². The van der Waals surface area contributed by atoms with Gasteiger partial charge in [0.1, 0.15) is 11.8 Å². The number of aromatic hydroxyl groups is 1. The van der Waals surface area contributed by atoms with E-state index in [1.165, 1.54) is 19.2 Å². The Morgan fingerprint density at radius 2 is 1.95 bits per heavy atom. The van der Waals surface area contributed by atoms with Gasteiger partial charge >= 0.3 is 12.1 Å². The summed E-state index contributed by atoms with van der Waals surface area (Å²) in [6, 6.07) is 5.33. The molecule has 7 heteroatoms. The molecule has 0 fully saturated rings. The molecule has 1 aromatic rings. The Morgan fingerprint density at radius 3 is 2.55 bits per heavy atom. The molecule has 0 aliphatic heterocycles. The first-order valence-corrected chi connectivity index (χ1v) is 7.02. The van der Waals surface area contributed by atoms with Crippen LogP contribution in [0.4, 0.5) is 4.79 Å². The van der Waals surface area contributed by atoms with Crippen LogP contribution in [0, 0.1) is 0 Å². The number of ether oxygens (including phenoxy) is 1. The minimum Gasteiger partial charge on any atom is -0.508 e. The number of alkyl carbamates (subject to hydrolysis) is 1. The van der Waals surface area contributed by atoms with Crippen molar-refractivity contribution in [2.45, 2.75) is 32.2 Å². The van der Waals surface area contributed by atoms with Crippen LogP contribution in [0.1, 0.15) is 25.3 Å². The van der Waals surface area contributed by atoms with E-state index < -0.39 is 18.1 Å². The summed E-state index contributed by atoms with van der Waals surface area (Å²) in [5, 5.41) is 11.7. The summed E-state index contributed by atoms with van der Waals surface area (Å²) in [6.07, 6.45) is 1.14. The van der Waals surface area contributed by atoms with E-state index in [9.17, 15) is 14.7 Å². The van der Waals surface area contributed by atoms with Crippen LogP contribution in [0.5, 0.6) is 5.75 Å². The van der Waals surface area contributed by atoms with Gasteiger partial charge in [0.15, 0.2) is 0 Å². The second kappa shape index (κ2) is 9.62. The zero-order valence-corrected chi connectivity index (χ0v) is 12.7. The lowest BCUT2D eigenvalue weighted by molar-refractivity contribution is -0.256. The minimum atomic E-state index is -0.946. The summed E-state index contributed by atoms with van der Waals surface area (Å²) >= 11 is 0. The number of hydrogen-bond donors (Lipinski definition) is 2. The van der Waals surface area contributed by atoms with Gasteiger partial charge in [-0.3, -0.25) is 4.89 Å². The lowest BCUT2D eigenvalue weighted by atomic mass is 10.1. The minimum absolute atomic E-state index is 0.117. The second-order valence-electron chi connectivity index (χ2n) is 4.63. The van der Waals surface area contributed by atoms with E-state index in [0.717, 1.165) is 18.4 Å². The Hall–Kier alpha value is -2.28. The first-order chi connectivity index (χ1) is 10.6. The molecule has 2 N–H and O–H groups in total. The van der Waals surface area contributed by atoms with Gasteiger partial charge in [-0.05, 0) is 24.1 Å². The molecule has 7 nitrogen and oxygen atoms in total. The van der Waals surface area contributed by atoms with Crippen molar-refractivity contribution >= 4 is 12.1 Å². The normalized spacial score (nSPS) is 11.5. The summed E-state index contributed by atoms with van der Waals surface area (Å²) in [4.78, 5) is 32.3. The highest BCUT2D eigenvalue weighted by Gasteiger charge is 2.24. The average molecular weight is 311 g/mol. The van der Waals surface area contributed by atoms with Gasteiger partial charge in [-0.25, -0.2) is 9.59 Å². The lowest BCUT2D eigenvalue weighted by Gasteiger charge is -2.16. The quantitative estimate of drug-likeness (QED) is 0.433. The maximum absolute atomic E-state index is 11.8. The monoisotopic (exact) mass is 311 g/mol. The van der Waals surface area contributed by atoms with Crippen molar-refractivity contribution in [3.63, 3.8) is 0 Å². The number of benzene rings is 1. The molecular formula is C15H21NO6. The highest BCUT2D eigenvalue weighted by molar-refractivity contribution is 5.81. The van der Waals surface area contributed by atoms with Gasteiger partial charge < -0.3 is 15.2 Å². The zero-order chi connectivity index (χ0) is 16.4. The van der Waals surface area contributed by atoms with Gasteiger partial charge in [-0.15, -0.1) is 0 Å². The van der Waals surface area contributed by atoms with E-state index in [1.54, 1.807) is 12.1 Å². The van der Waals surface area contributed by atoms with Crippen molar-refractivity contribution in [2.24, 2.45) is 0 Å². The van der Waals surface area contributed by atoms with Crippen molar-refractivity contribution in [2.75, 3.05) is 13.7 Å². The van der Waals surface area contributed by atoms with E-state index >= 15 is 0 Å². The standard InChI is InChI=1S/C15H21NO6/c1-3-4-9-21-15(19)16-13(14(18)22-20-2)10-11-5-7-12(17)8-6-11/h5-8,13,17H,3-4,9-10H2,1-2H3,(H,16,19)/t13-/m1/s1. The summed E-state index contributed by atoms with van der Waals surface area (Å²) in [5.41, 5.74) is 0.740. The molecule has 0 aliphatic rings. The topological polar surface area (TPSA) is 94.1 Å². The smallest absolute Gasteiger partial charge is 0.407 e. The molecular weight excluding hydrogens is 290 g/mol. The molecule has 0 spiro atoms. The van der Waals surface area contributed by atoms with Gasteiger partial charge in [-0.1, -0.05) is 25.5 Å². The van der Waals surface area contributed by atoms with Gasteiger partial charge in [0, 0.05) is 6.42 Å². The summed E-state index contributed by atoms with van der Waals surface area (Å²) in [7, 11) is 1.20. The molecule has 0 saturated heterocycles. The number of phenolic OH excluding ortho intramolecular Hbond substituents is 1. The highest BCUT2D eigenvalue weighted by Crippen LogP contribution is 2.12. The second-order valence-corrected chi connectivity index (χ2v) is 4.63. The molecule has 0 aromatic heterocycles. The van der Waals surface area contributed by atoms with Crippen molar-refractivity contribution in [1.82, 2.24) is 5.32 Å². The maximum Gasteiger partial charge on any atom is 0.407 e. The zero-order valence-electron chi connectivity index (χ0n) is 12.7. The molecule has 22 heavy (non-hydrogen) atoms. The van der Waals surface area contributed by atoms with E-state index in [0.29, 0.717) is 0 Å². The van der Waals surface area contributed by atoms with Gasteiger partial charge in [0.25, 0.3) is 0 Å². The molecule has 122 valence electrons. The molecule has 0 saturated carbocycles. The third-order valence-corrected chi connectivity index (χ3v) is 2.85. The molecule has 0 aliphatic carbocycles. The van der Waals surface area contributed by atoms with E-state index in [-0.39, 0.29) is 18.8 Å². The van der Waals surface area contributed by atoms with Crippen molar-refractivity contribution < 1.29 is 29.2 Å². The Morgan fingerprint density at radius 1 is 1.27 bits per heavy atom. The lowest BCUT2D eigenvalue weighted by Crippen LogP contribution is -2.43. The first kappa shape index (κ1) is 17.8. The van der Waals surface area contributed by atoms with Crippen LogP contribution in [0.2, 0.25) is 0 Å². The van der Waals surface area contributed by atoms with Crippen molar-refractivity contribution in [3.05, 3.63) is 29.8 Å². The Balaban J connectivity index is 2.65. The third-order valence-electron chi connectivity index (χ3n) is 2.85. The Labute approximate surface area is 129 Å². The molecule has 1 amide bonds. The maximum atomic E-state index is 11.8. The van der Waals surface area contributed by atoms with Crippen molar-refractivity contribution in [3.8, 4) is 5.75 Å². The summed E-state index contributed by atoms with van der Waals surface area (Å²) < 4.78 is 4.96. The van der Waals surface area contributed by atoms with Gasteiger partial charge in [0.2, 0.25) is 0 Å². The SMILES string of the molecule is CCCCOC(=O)N[C@H](Cc1ccc(O)cc1)C(=O)OOC. The largest absolute Gasteiger partial charge is 0.508 e. The predicted molar refractivity (Wildman–Crippen MR) is 78.1 cm³/mol. The van der Waals surface area contributed by atoms with Gasteiger partial charge in [0.05, 0.1) is 13.7 Å². The average Bonchev–Trinajstić information content (AvgIpc) is 2.49. The number of carbonyl (C=O) groups excluding carboxylic acids is 2. The van der Waals surface area contributed by atoms with Crippen molar-refractivity contribution in [1.29, 1.82) is 0 Å². The number of rotatable bonds is 8. The number of phenols is 1. The molecule has 1 aromatic carbocycles. The van der Waals surface area contributed by atoms with Crippen LogP contribution in [0.15, 0.2) is 24.3 Å². The number of unbranched alkanes of at least 4 members (excludes halogenated alkanes) is 1. The molecule has 0 radical (unpaired) electrons. The van der Waals surface area contributed by atoms with E-state index in [2.05, 4.69) is 15.1 Å². The number of nitrogens with one attached hydrogen (secondary N) is 1. The molecule has 1 rings (SSSR count). The fraction of sp³-hybridized carbons (Fsp3) is 0.467. The Kier molecular flexibility index (Phi) is 7.77. The molecule has 0 unspecified atom stereocenters. The van der Waals surface area contributed by atoms with Crippen LogP contribution in [-0.2, 0) is 25.7 Å². The molecule has 0 heterocycles. The highest BCUT2D eigenvalue weighted by atomic mass is 17.2. The predicted octanol–water partition coefficient (Wildman–Crippen LogP) is 1.93. The van der Waals surface area contributed by atoms with Crippen LogP contribution in [0.25, 0.3) is 0 Å². The van der Waals surface area contributed by atoms with E-state index in [4.69, 9.17) is 4.74 Å². The fourth-order valence-corrected chi connectivity index (χ4v) is 1.69. The summed E-state index contributed by atoms with van der Waals surface area (Å²) in [5.74, 6) is -0.616. The van der Waals surface area contributed by atoms with Gasteiger partial charge in [-0.2, -0.15) is 4.89 Å². The van der Waals surface area contributed by atoms with Crippen LogP contribution in [0.3, 0.4) is 0 Å². The number of hydrogen-bond acceptors (Lipinski definition) is 6. The molecule has 1 atom stereocenters. The van der Waals surface area contributed by atoms with Crippen LogP contribution < -0.4 is 5.32 Å². The number of amides is 1.